The lowest BCUT2D eigenvalue weighted by Crippen LogP contribution is -2.38. The van der Waals surface area contributed by atoms with Gasteiger partial charge >= 0.3 is 6.09 Å². The Labute approximate surface area is 337 Å². The third-order valence-corrected chi connectivity index (χ3v) is 10.7. The van der Waals surface area contributed by atoms with Gasteiger partial charge < -0.3 is 29.0 Å². The van der Waals surface area contributed by atoms with Crippen molar-refractivity contribution in [3.05, 3.63) is 0 Å². The van der Waals surface area contributed by atoms with Crippen LogP contribution in [-0.2, 0) is 23.7 Å². The molecule has 7 nitrogen and oxygen atoms in total. The van der Waals surface area contributed by atoms with E-state index in [1.807, 2.05) is 6.92 Å². The smallest absolute Gasteiger partial charge is 0.407 e. The van der Waals surface area contributed by atoms with Crippen LogP contribution in [0.4, 0.5) is 4.79 Å². The van der Waals surface area contributed by atoms with E-state index in [-0.39, 0.29) is 12.2 Å². The molecule has 54 heavy (non-hydrogen) atoms. The first kappa shape index (κ1) is 53.1. The number of carbonyl (C=O) groups is 1. The van der Waals surface area contributed by atoms with Crippen molar-refractivity contribution in [3.8, 4) is 0 Å². The maximum atomic E-state index is 12.5. The van der Waals surface area contributed by atoms with Gasteiger partial charge in [-0.25, -0.2) is 4.79 Å². The third kappa shape index (κ3) is 42.3. The minimum Gasteiger partial charge on any atom is -0.444 e. The van der Waals surface area contributed by atoms with E-state index in [2.05, 4.69) is 19.2 Å². The lowest BCUT2D eigenvalue weighted by molar-refractivity contribution is -0.0777. The second-order valence-corrected chi connectivity index (χ2v) is 16.1. The van der Waals surface area contributed by atoms with E-state index in [9.17, 15) is 4.79 Å². The molecule has 0 heterocycles. The highest BCUT2D eigenvalue weighted by Gasteiger charge is 2.22. The van der Waals surface area contributed by atoms with E-state index in [0.717, 1.165) is 25.9 Å². The lowest BCUT2D eigenvalue weighted by atomic mass is 10.0. The molecule has 0 aromatic rings. The van der Waals surface area contributed by atoms with Gasteiger partial charge in [0.1, 0.15) is 12.2 Å². The van der Waals surface area contributed by atoms with Crippen molar-refractivity contribution in [2.45, 2.75) is 245 Å². The number of unbranched alkanes of at least 4 members (excludes halogenated alkanes) is 30. The van der Waals surface area contributed by atoms with Crippen LogP contribution in [0.3, 0.4) is 0 Å². The summed E-state index contributed by atoms with van der Waals surface area (Å²) in [6.07, 6.45) is 43.2. The fourth-order valence-corrected chi connectivity index (χ4v) is 7.05. The number of hydrogen-bond acceptors (Lipinski definition) is 6. The van der Waals surface area contributed by atoms with Gasteiger partial charge in [-0.05, 0) is 26.2 Å². The van der Waals surface area contributed by atoms with Crippen molar-refractivity contribution < 1.29 is 28.5 Å². The molecule has 0 radical (unpaired) electrons. The molecule has 0 saturated carbocycles. The molecule has 0 rings (SSSR count). The molecule has 0 fully saturated rings. The molecular formula is C47H95NO6. The molecule has 0 spiro atoms. The Balaban J connectivity index is 4.09. The topological polar surface area (TPSA) is 75.3 Å². The first-order valence-electron chi connectivity index (χ1n) is 23.9. The minimum atomic E-state index is -0.409. The average Bonchev–Trinajstić information content (AvgIpc) is 3.17. The molecule has 1 amide bonds. The van der Waals surface area contributed by atoms with E-state index < -0.39 is 6.09 Å². The zero-order valence-corrected chi connectivity index (χ0v) is 36.9. The summed E-state index contributed by atoms with van der Waals surface area (Å²) in [5, 5.41) is 2.84. The second kappa shape index (κ2) is 46.5. The van der Waals surface area contributed by atoms with Gasteiger partial charge in [0.05, 0.1) is 19.8 Å². The van der Waals surface area contributed by atoms with Crippen LogP contribution in [0.2, 0.25) is 0 Å². The molecule has 0 aliphatic rings. The summed E-state index contributed by atoms with van der Waals surface area (Å²) in [5.74, 6) is 0. The molecule has 0 saturated heterocycles. The van der Waals surface area contributed by atoms with E-state index in [1.54, 1.807) is 7.11 Å². The number of ether oxygens (including phenoxy) is 5. The monoisotopic (exact) mass is 770 g/mol. The number of rotatable bonds is 46. The molecule has 0 aliphatic carbocycles. The standard InChI is InChI=1S/C47H95NO6/c1-5-7-9-11-13-15-17-19-21-23-25-27-29-31-33-35-39-52-44-46(45(3)54-47(49)48-38-37-40-51-43-42-50-4)53-41-36-34-32-30-28-26-24-22-20-18-16-14-12-10-8-6-2/h45-46H,5-44H2,1-4H3,(H,48,49)/t45-,46+/m0/s1. The van der Waals surface area contributed by atoms with Crippen molar-refractivity contribution in [2.24, 2.45) is 0 Å². The molecule has 0 aliphatic heterocycles. The molecule has 0 bridgehead atoms. The van der Waals surface area contributed by atoms with Crippen LogP contribution in [0.15, 0.2) is 0 Å². The van der Waals surface area contributed by atoms with Crippen LogP contribution >= 0.6 is 0 Å². The zero-order chi connectivity index (χ0) is 39.3. The third-order valence-electron chi connectivity index (χ3n) is 10.7. The van der Waals surface area contributed by atoms with E-state index in [0.29, 0.717) is 39.6 Å². The molecule has 1 N–H and O–H groups in total. The molecular weight excluding hydrogens is 675 g/mol. The Morgan fingerprint density at radius 2 is 0.815 bits per heavy atom. The Hall–Kier alpha value is -0.890. The Morgan fingerprint density at radius 3 is 1.22 bits per heavy atom. The van der Waals surface area contributed by atoms with E-state index in [1.165, 1.54) is 193 Å². The number of alkyl carbamates (subject to hydrolysis) is 1. The second-order valence-electron chi connectivity index (χ2n) is 16.1. The summed E-state index contributed by atoms with van der Waals surface area (Å²) in [5.41, 5.74) is 0. The van der Waals surface area contributed by atoms with Crippen molar-refractivity contribution >= 4 is 6.09 Å². The first-order chi connectivity index (χ1) is 26.7. The van der Waals surface area contributed by atoms with Crippen LogP contribution in [0, 0.1) is 0 Å². The van der Waals surface area contributed by atoms with Gasteiger partial charge in [-0.1, -0.05) is 206 Å². The highest BCUT2D eigenvalue weighted by atomic mass is 16.6. The number of methoxy groups -OCH3 is 1. The summed E-state index contributed by atoms with van der Waals surface area (Å²) in [6, 6.07) is 0. The maximum absolute atomic E-state index is 12.5. The molecule has 324 valence electrons. The molecule has 2 atom stereocenters. The first-order valence-corrected chi connectivity index (χ1v) is 23.9. The quantitative estimate of drug-likeness (QED) is 0.0622. The Bertz CT molecular complexity index is 710. The van der Waals surface area contributed by atoms with Gasteiger partial charge in [0.25, 0.3) is 0 Å². The molecule has 0 aromatic heterocycles. The van der Waals surface area contributed by atoms with Gasteiger partial charge in [-0.3, -0.25) is 0 Å². The fourth-order valence-electron chi connectivity index (χ4n) is 7.05. The normalized spacial score (nSPS) is 12.7. The highest BCUT2D eigenvalue weighted by Crippen LogP contribution is 2.16. The number of amides is 1. The SMILES string of the molecule is CCCCCCCCCCCCCCCCCCOC[C@@H](OCCCCCCCCCCCCCCCCCC)[C@H](C)OC(=O)NCCCOCCOC. The summed E-state index contributed by atoms with van der Waals surface area (Å²) in [6.45, 7) is 10.6. The molecule has 0 aromatic carbocycles. The lowest BCUT2D eigenvalue weighted by Gasteiger charge is -2.24. The Kier molecular flexibility index (Phi) is 45.7. The van der Waals surface area contributed by atoms with E-state index in [4.69, 9.17) is 23.7 Å². The van der Waals surface area contributed by atoms with Crippen molar-refractivity contribution in [2.75, 3.05) is 53.3 Å². The van der Waals surface area contributed by atoms with Crippen LogP contribution in [0.1, 0.15) is 233 Å². The van der Waals surface area contributed by atoms with Crippen LogP contribution in [0.5, 0.6) is 0 Å². The fraction of sp³-hybridized carbons (Fsp3) is 0.979. The van der Waals surface area contributed by atoms with Crippen LogP contribution in [-0.4, -0.2) is 71.6 Å². The molecule has 0 unspecified atom stereocenters. The predicted octanol–water partition coefficient (Wildman–Crippen LogP) is 14.1. The summed E-state index contributed by atoms with van der Waals surface area (Å²) in [4.78, 5) is 12.5. The predicted molar refractivity (Wildman–Crippen MR) is 231 cm³/mol. The van der Waals surface area contributed by atoms with Crippen LogP contribution < -0.4 is 5.32 Å². The van der Waals surface area contributed by atoms with Crippen LogP contribution in [0.25, 0.3) is 0 Å². The van der Waals surface area contributed by atoms with E-state index >= 15 is 0 Å². The maximum Gasteiger partial charge on any atom is 0.407 e. The van der Waals surface area contributed by atoms with Crippen molar-refractivity contribution in [1.82, 2.24) is 5.32 Å². The average molecular weight is 770 g/mol. The summed E-state index contributed by atoms with van der Waals surface area (Å²) < 4.78 is 28.5. The Morgan fingerprint density at radius 1 is 0.444 bits per heavy atom. The summed E-state index contributed by atoms with van der Waals surface area (Å²) in [7, 11) is 1.66. The number of carbonyl (C=O) groups excluding carboxylic acids is 1. The minimum absolute atomic E-state index is 0.259. The van der Waals surface area contributed by atoms with Crippen molar-refractivity contribution in [1.29, 1.82) is 0 Å². The van der Waals surface area contributed by atoms with Gasteiger partial charge in [0.15, 0.2) is 0 Å². The van der Waals surface area contributed by atoms with Gasteiger partial charge in [-0.15, -0.1) is 0 Å². The van der Waals surface area contributed by atoms with Crippen molar-refractivity contribution in [3.63, 3.8) is 0 Å². The largest absolute Gasteiger partial charge is 0.444 e. The zero-order valence-electron chi connectivity index (χ0n) is 36.9. The van der Waals surface area contributed by atoms with Gasteiger partial charge in [0.2, 0.25) is 0 Å². The van der Waals surface area contributed by atoms with Gasteiger partial charge in [0, 0.05) is 33.5 Å². The number of hydrogen-bond donors (Lipinski definition) is 1. The number of nitrogens with one attached hydrogen (secondary N) is 1. The highest BCUT2D eigenvalue weighted by molar-refractivity contribution is 5.67. The molecule has 7 heteroatoms. The van der Waals surface area contributed by atoms with Gasteiger partial charge in [-0.2, -0.15) is 0 Å². The summed E-state index contributed by atoms with van der Waals surface area (Å²) >= 11 is 0.